The Morgan fingerprint density at radius 1 is 0.469 bits per heavy atom. The summed E-state index contributed by atoms with van der Waals surface area (Å²) in [5, 5.41) is 7.05. The van der Waals surface area contributed by atoms with Gasteiger partial charge >= 0.3 is 0 Å². The van der Waals surface area contributed by atoms with E-state index in [0.717, 1.165) is 55.2 Å². The summed E-state index contributed by atoms with van der Waals surface area (Å²) in [5.41, 5.74) is 9.80. The number of hydrogen-bond donors (Lipinski definition) is 0. The second-order valence-electron chi connectivity index (χ2n) is 12.4. The van der Waals surface area contributed by atoms with E-state index in [1.54, 1.807) is 0 Å². The minimum absolute atomic E-state index is 0.879. The van der Waals surface area contributed by atoms with Crippen LogP contribution in [0.5, 0.6) is 0 Å². The van der Waals surface area contributed by atoms with Gasteiger partial charge in [-0.2, -0.15) is 0 Å². The number of pyridine rings is 1. The molecule has 0 unspecified atom stereocenters. The van der Waals surface area contributed by atoms with Gasteiger partial charge in [0.05, 0.1) is 5.69 Å². The summed E-state index contributed by atoms with van der Waals surface area (Å²) >= 11 is 1.85. The molecule has 0 fully saturated rings. The molecule has 7 aromatic carbocycles. The molecule has 49 heavy (non-hydrogen) atoms. The molecule has 3 nitrogen and oxygen atoms in total. The van der Waals surface area contributed by atoms with E-state index in [1.807, 2.05) is 29.8 Å². The molecule has 0 aliphatic heterocycles. The predicted octanol–water partition coefficient (Wildman–Crippen LogP) is 13.3. The van der Waals surface area contributed by atoms with Crippen molar-refractivity contribution < 1.29 is 4.42 Å². The number of anilines is 3. The summed E-state index contributed by atoms with van der Waals surface area (Å²) in [6, 6.07) is 56.5. The van der Waals surface area contributed by atoms with E-state index < -0.39 is 0 Å². The normalized spacial score (nSPS) is 11.7. The number of fused-ring (bicyclic) bond motifs is 8. The molecule has 0 N–H and O–H groups in total. The maximum Gasteiger partial charge on any atom is 0.136 e. The molecule has 0 spiro atoms. The van der Waals surface area contributed by atoms with E-state index in [1.165, 1.54) is 37.0 Å². The first kappa shape index (κ1) is 27.8. The van der Waals surface area contributed by atoms with Gasteiger partial charge in [-0.05, 0) is 94.4 Å². The van der Waals surface area contributed by atoms with E-state index >= 15 is 0 Å². The topological polar surface area (TPSA) is 29.3 Å². The summed E-state index contributed by atoms with van der Waals surface area (Å²) < 4.78 is 8.95. The third kappa shape index (κ3) is 4.61. The molecule has 0 saturated carbocycles. The number of furan rings is 1. The minimum atomic E-state index is 0.879. The molecular weight excluding hydrogens is 617 g/mol. The van der Waals surface area contributed by atoms with Crippen molar-refractivity contribution in [2.75, 3.05) is 4.90 Å². The molecular formula is C45H28N2OS. The summed E-state index contributed by atoms with van der Waals surface area (Å²) in [6.07, 6.45) is 3.77. The van der Waals surface area contributed by atoms with Crippen LogP contribution in [-0.2, 0) is 0 Å². The van der Waals surface area contributed by atoms with Crippen LogP contribution in [0, 0.1) is 0 Å². The van der Waals surface area contributed by atoms with Crippen molar-refractivity contribution in [2.24, 2.45) is 0 Å². The van der Waals surface area contributed by atoms with E-state index in [4.69, 9.17) is 4.42 Å². The van der Waals surface area contributed by atoms with Gasteiger partial charge in [0, 0.05) is 60.1 Å². The van der Waals surface area contributed by atoms with Crippen molar-refractivity contribution >= 4 is 81.3 Å². The fourth-order valence-electron chi connectivity index (χ4n) is 7.22. The Balaban J connectivity index is 1.09. The lowest BCUT2D eigenvalue weighted by Gasteiger charge is -2.27. The monoisotopic (exact) mass is 644 g/mol. The maximum atomic E-state index is 6.38. The first-order chi connectivity index (χ1) is 24.3. The molecule has 10 aromatic rings. The Bertz CT molecular complexity index is 2810. The molecule has 0 aliphatic carbocycles. The SMILES string of the molecule is c1ccc(-c2ccc(N(c3ccc(-c4ccc5c(c4)oc4ccc6ccncc6c45)cc3)c3cccc4sc5ccccc5c34)cc2)cc1. The minimum Gasteiger partial charge on any atom is -0.456 e. The quantitative estimate of drug-likeness (QED) is 0.187. The lowest BCUT2D eigenvalue weighted by Crippen LogP contribution is -2.10. The Kier molecular flexibility index (Phi) is 6.36. The standard InChI is InChI=1S/C45H28N2OS/c1-2-7-29(8-3-1)30-13-19-34(20-14-30)47(39-10-6-12-43-45(39)37-9-4-5-11-42(37)49-43)35-21-15-31(16-22-35)33-17-23-36-41(27-33)48-40-24-18-32-25-26-46-28-38(32)44(36)40/h1-28H. The van der Waals surface area contributed by atoms with Crippen molar-refractivity contribution in [3.8, 4) is 22.3 Å². The molecule has 0 amide bonds. The highest BCUT2D eigenvalue weighted by Gasteiger charge is 2.19. The fourth-order valence-corrected chi connectivity index (χ4v) is 8.35. The van der Waals surface area contributed by atoms with Crippen LogP contribution in [0.1, 0.15) is 0 Å². The number of aromatic nitrogens is 1. The van der Waals surface area contributed by atoms with Gasteiger partial charge in [-0.15, -0.1) is 11.3 Å². The van der Waals surface area contributed by atoms with Crippen LogP contribution in [0.2, 0.25) is 0 Å². The van der Waals surface area contributed by atoms with Gasteiger partial charge in [-0.3, -0.25) is 4.98 Å². The highest BCUT2D eigenvalue weighted by Crippen LogP contribution is 2.45. The van der Waals surface area contributed by atoms with E-state index in [0.29, 0.717) is 0 Å². The van der Waals surface area contributed by atoms with Gasteiger partial charge < -0.3 is 9.32 Å². The van der Waals surface area contributed by atoms with Crippen LogP contribution in [0.15, 0.2) is 175 Å². The molecule has 0 bridgehead atoms. The van der Waals surface area contributed by atoms with Crippen LogP contribution in [0.25, 0.3) is 75.1 Å². The molecule has 4 heteroatoms. The fraction of sp³-hybridized carbons (Fsp3) is 0. The van der Waals surface area contributed by atoms with E-state index in [2.05, 4.69) is 162 Å². The summed E-state index contributed by atoms with van der Waals surface area (Å²) in [7, 11) is 0. The largest absolute Gasteiger partial charge is 0.456 e. The van der Waals surface area contributed by atoms with Crippen LogP contribution in [-0.4, -0.2) is 4.98 Å². The molecule has 230 valence electrons. The average molecular weight is 645 g/mol. The van der Waals surface area contributed by atoms with Crippen molar-refractivity contribution in [1.29, 1.82) is 0 Å². The second kappa shape index (κ2) is 11.2. The highest BCUT2D eigenvalue weighted by molar-refractivity contribution is 7.26. The van der Waals surface area contributed by atoms with Crippen LogP contribution in [0.4, 0.5) is 17.1 Å². The smallest absolute Gasteiger partial charge is 0.136 e. The second-order valence-corrected chi connectivity index (χ2v) is 13.5. The Morgan fingerprint density at radius 3 is 1.98 bits per heavy atom. The molecule has 3 heterocycles. The van der Waals surface area contributed by atoms with Gasteiger partial charge in [0.2, 0.25) is 0 Å². The number of thiophene rings is 1. The number of nitrogens with zero attached hydrogens (tertiary/aromatic N) is 2. The highest BCUT2D eigenvalue weighted by atomic mass is 32.1. The lowest BCUT2D eigenvalue weighted by atomic mass is 10.0. The first-order valence-corrected chi connectivity index (χ1v) is 17.3. The Labute approximate surface area is 286 Å². The van der Waals surface area contributed by atoms with Crippen molar-refractivity contribution in [3.63, 3.8) is 0 Å². The number of rotatable bonds is 5. The zero-order chi connectivity index (χ0) is 32.3. The van der Waals surface area contributed by atoms with Crippen molar-refractivity contribution in [1.82, 2.24) is 4.98 Å². The Morgan fingerprint density at radius 2 is 1.16 bits per heavy atom. The van der Waals surface area contributed by atoms with Crippen molar-refractivity contribution in [2.45, 2.75) is 0 Å². The van der Waals surface area contributed by atoms with Crippen LogP contribution < -0.4 is 4.90 Å². The van der Waals surface area contributed by atoms with Crippen molar-refractivity contribution in [3.05, 3.63) is 170 Å². The van der Waals surface area contributed by atoms with Gasteiger partial charge in [-0.25, -0.2) is 0 Å². The average Bonchev–Trinajstić information content (AvgIpc) is 3.75. The maximum absolute atomic E-state index is 6.38. The first-order valence-electron chi connectivity index (χ1n) is 16.4. The summed E-state index contributed by atoms with van der Waals surface area (Å²) in [5.74, 6) is 0. The number of hydrogen-bond acceptors (Lipinski definition) is 4. The molecule has 10 rings (SSSR count). The lowest BCUT2D eigenvalue weighted by molar-refractivity contribution is 0.669. The summed E-state index contributed by atoms with van der Waals surface area (Å²) in [4.78, 5) is 6.77. The van der Waals surface area contributed by atoms with Crippen LogP contribution in [0.3, 0.4) is 0 Å². The molecule has 0 radical (unpaired) electrons. The third-order valence-corrected chi connectivity index (χ3v) is 10.7. The van der Waals surface area contributed by atoms with Crippen LogP contribution >= 0.6 is 11.3 Å². The molecule has 0 aliphatic rings. The predicted molar refractivity (Wildman–Crippen MR) is 207 cm³/mol. The number of benzene rings is 7. The molecule has 0 atom stereocenters. The summed E-state index contributed by atoms with van der Waals surface area (Å²) in [6.45, 7) is 0. The van der Waals surface area contributed by atoms with E-state index in [-0.39, 0.29) is 0 Å². The van der Waals surface area contributed by atoms with Gasteiger partial charge in [0.1, 0.15) is 11.2 Å². The third-order valence-electron chi connectivity index (χ3n) is 9.57. The zero-order valence-corrected chi connectivity index (χ0v) is 27.2. The van der Waals surface area contributed by atoms with Gasteiger partial charge in [-0.1, -0.05) is 91.0 Å². The van der Waals surface area contributed by atoms with Gasteiger partial charge in [0.25, 0.3) is 0 Å². The molecule has 0 saturated heterocycles. The zero-order valence-electron chi connectivity index (χ0n) is 26.4. The Hall–Kier alpha value is -6.23. The molecule has 3 aromatic heterocycles. The van der Waals surface area contributed by atoms with E-state index in [9.17, 15) is 0 Å². The van der Waals surface area contributed by atoms with Gasteiger partial charge in [0.15, 0.2) is 0 Å².